The molecular weight excluding hydrogens is 367 g/mol. The van der Waals surface area contributed by atoms with E-state index in [-0.39, 0.29) is 12.8 Å². The zero-order valence-electron chi connectivity index (χ0n) is 14.8. The normalized spacial score (nSPS) is 19.1. The van der Waals surface area contributed by atoms with Gasteiger partial charge in [0.05, 0.1) is 17.3 Å². The number of fused-ring (bicyclic) bond motifs is 1. The Morgan fingerprint density at radius 1 is 1.11 bits per heavy atom. The number of carbonyl (C=O) groups excluding carboxylic acids is 1. The molecule has 0 bridgehead atoms. The average molecular weight is 385 g/mol. The summed E-state index contributed by atoms with van der Waals surface area (Å²) in [5.41, 5.74) is 3.95. The fraction of sp³-hybridized carbons (Fsp3) is 0.238. The van der Waals surface area contributed by atoms with Crippen molar-refractivity contribution in [2.75, 3.05) is 5.32 Å². The van der Waals surface area contributed by atoms with Crippen LogP contribution in [0.1, 0.15) is 23.6 Å². The molecule has 0 saturated carbocycles. The van der Waals surface area contributed by atoms with Gasteiger partial charge in [0.2, 0.25) is 0 Å². The Kier molecular flexibility index (Phi) is 4.66. The predicted octanol–water partition coefficient (Wildman–Crippen LogP) is 5.23. The fourth-order valence-corrected chi connectivity index (χ4v) is 3.79. The van der Waals surface area contributed by atoms with Gasteiger partial charge < -0.3 is 15.1 Å². The number of aromatic nitrogens is 2. The summed E-state index contributed by atoms with van der Waals surface area (Å²) in [7, 11) is 0. The van der Waals surface area contributed by atoms with E-state index in [4.69, 9.17) is 0 Å². The number of aldehydes is 1. The van der Waals surface area contributed by atoms with Crippen molar-refractivity contribution in [1.29, 1.82) is 0 Å². The second kappa shape index (κ2) is 7.14. The number of rotatable bonds is 4. The smallest absolute Gasteiger partial charge is 0.356 e. The molecule has 28 heavy (non-hydrogen) atoms. The molecule has 0 aliphatic heterocycles. The van der Waals surface area contributed by atoms with Gasteiger partial charge in [-0.15, -0.1) is 0 Å². The number of hydrogen-bond donors (Lipinski definition) is 2. The molecular formula is C21H18F3N3O. The highest BCUT2D eigenvalue weighted by Crippen LogP contribution is 2.47. The summed E-state index contributed by atoms with van der Waals surface area (Å²) >= 11 is 0. The highest BCUT2D eigenvalue weighted by atomic mass is 19.4. The summed E-state index contributed by atoms with van der Waals surface area (Å²) < 4.78 is 40.1. The van der Waals surface area contributed by atoms with Gasteiger partial charge in [-0.1, -0.05) is 18.2 Å². The first kappa shape index (κ1) is 18.3. The zero-order valence-corrected chi connectivity index (χ0v) is 14.8. The standard InChI is InChI=1S/C21H18F3N3O/c22-21(23,24)15-10-14(12-28)18-17(11-15)27-19(13-6-8-25-9-7-13)20(18)26-16-4-2-1-3-5-16/h1-9,12,14-15,26-27H,10-11H2/t14?,15-/m0/s1. The van der Waals surface area contributed by atoms with Gasteiger partial charge in [-0.2, -0.15) is 13.2 Å². The Morgan fingerprint density at radius 3 is 2.46 bits per heavy atom. The van der Waals surface area contributed by atoms with Gasteiger partial charge in [-0.3, -0.25) is 4.98 Å². The van der Waals surface area contributed by atoms with Gasteiger partial charge in [0.1, 0.15) is 6.29 Å². The lowest BCUT2D eigenvalue weighted by Crippen LogP contribution is -2.31. The third-order valence-electron chi connectivity index (χ3n) is 5.12. The van der Waals surface area contributed by atoms with Crippen LogP contribution in [0.25, 0.3) is 11.3 Å². The molecule has 0 spiro atoms. The van der Waals surface area contributed by atoms with Crippen molar-refractivity contribution in [2.24, 2.45) is 5.92 Å². The van der Waals surface area contributed by atoms with E-state index < -0.39 is 18.0 Å². The first-order chi connectivity index (χ1) is 13.5. The van der Waals surface area contributed by atoms with E-state index in [1.807, 2.05) is 30.3 Å². The largest absolute Gasteiger partial charge is 0.392 e. The van der Waals surface area contributed by atoms with Crippen LogP contribution < -0.4 is 5.32 Å². The van der Waals surface area contributed by atoms with Crippen molar-refractivity contribution in [3.8, 4) is 11.3 Å². The van der Waals surface area contributed by atoms with Gasteiger partial charge >= 0.3 is 6.18 Å². The third-order valence-corrected chi connectivity index (χ3v) is 5.12. The SMILES string of the molecule is O=CC1C[C@H](C(F)(F)F)Cc2[nH]c(-c3ccncc3)c(Nc3ccccc3)c21. The van der Waals surface area contributed by atoms with Crippen molar-refractivity contribution in [2.45, 2.75) is 24.9 Å². The van der Waals surface area contributed by atoms with Gasteiger partial charge in [0, 0.05) is 40.8 Å². The predicted molar refractivity (Wildman–Crippen MR) is 100 cm³/mol. The van der Waals surface area contributed by atoms with E-state index in [0.717, 1.165) is 11.3 Å². The molecule has 7 heteroatoms. The monoisotopic (exact) mass is 385 g/mol. The minimum absolute atomic E-state index is 0.169. The van der Waals surface area contributed by atoms with Crippen LogP contribution in [0.4, 0.5) is 24.5 Å². The van der Waals surface area contributed by atoms with Crippen molar-refractivity contribution in [3.05, 3.63) is 66.1 Å². The van der Waals surface area contributed by atoms with E-state index in [1.165, 1.54) is 0 Å². The number of nitrogens with zero attached hydrogens (tertiary/aromatic N) is 1. The van der Waals surface area contributed by atoms with E-state index in [1.54, 1.807) is 24.5 Å². The minimum atomic E-state index is -4.34. The van der Waals surface area contributed by atoms with E-state index >= 15 is 0 Å². The minimum Gasteiger partial charge on any atom is -0.356 e. The molecule has 0 radical (unpaired) electrons. The maximum atomic E-state index is 13.4. The van der Waals surface area contributed by atoms with Gasteiger partial charge in [-0.05, 0) is 37.1 Å². The molecule has 4 nitrogen and oxygen atoms in total. The van der Waals surface area contributed by atoms with Crippen molar-refractivity contribution in [3.63, 3.8) is 0 Å². The summed E-state index contributed by atoms with van der Waals surface area (Å²) in [5.74, 6) is -2.36. The Labute approximate surface area is 159 Å². The molecule has 2 aromatic heterocycles. The molecule has 0 fully saturated rings. The van der Waals surface area contributed by atoms with Gasteiger partial charge in [0.15, 0.2) is 0 Å². The van der Waals surface area contributed by atoms with Crippen molar-refractivity contribution < 1.29 is 18.0 Å². The first-order valence-corrected chi connectivity index (χ1v) is 8.96. The lowest BCUT2D eigenvalue weighted by molar-refractivity contribution is -0.178. The van der Waals surface area contributed by atoms with Crippen LogP contribution >= 0.6 is 0 Å². The van der Waals surface area contributed by atoms with Crippen LogP contribution in [0.3, 0.4) is 0 Å². The van der Waals surface area contributed by atoms with Crippen LogP contribution in [0.5, 0.6) is 0 Å². The molecule has 1 aromatic carbocycles. The molecule has 4 rings (SSSR count). The molecule has 0 saturated heterocycles. The second-order valence-electron chi connectivity index (χ2n) is 6.92. The van der Waals surface area contributed by atoms with Crippen molar-refractivity contribution in [1.82, 2.24) is 9.97 Å². The summed E-state index contributed by atoms with van der Waals surface area (Å²) in [5, 5.41) is 3.31. The maximum Gasteiger partial charge on any atom is 0.392 e. The maximum absolute atomic E-state index is 13.4. The number of carbonyl (C=O) groups is 1. The van der Waals surface area contributed by atoms with E-state index in [9.17, 15) is 18.0 Å². The number of alkyl halides is 3. The Hall–Kier alpha value is -3.09. The number of anilines is 2. The van der Waals surface area contributed by atoms with E-state index in [0.29, 0.717) is 28.9 Å². The Bertz CT molecular complexity index is 968. The van der Waals surface area contributed by atoms with Crippen LogP contribution in [-0.4, -0.2) is 22.4 Å². The molecule has 1 aliphatic carbocycles. The number of pyridine rings is 1. The average Bonchev–Trinajstić information content (AvgIpc) is 3.06. The van der Waals surface area contributed by atoms with Crippen LogP contribution in [0, 0.1) is 5.92 Å². The molecule has 1 aliphatic rings. The lowest BCUT2D eigenvalue weighted by atomic mass is 9.79. The zero-order chi connectivity index (χ0) is 19.7. The van der Waals surface area contributed by atoms with Gasteiger partial charge in [-0.25, -0.2) is 0 Å². The molecule has 2 heterocycles. The molecule has 144 valence electrons. The van der Waals surface area contributed by atoms with Crippen LogP contribution in [-0.2, 0) is 11.2 Å². The van der Waals surface area contributed by atoms with Crippen molar-refractivity contribution >= 4 is 17.7 Å². The third kappa shape index (κ3) is 3.40. The van der Waals surface area contributed by atoms with Crippen LogP contribution in [0.15, 0.2) is 54.9 Å². The number of nitrogens with one attached hydrogen (secondary N) is 2. The Morgan fingerprint density at radius 2 is 1.82 bits per heavy atom. The molecule has 2 atom stereocenters. The second-order valence-corrected chi connectivity index (χ2v) is 6.92. The number of H-pyrrole nitrogens is 1. The number of benzene rings is 1. The highest BCUT2D eigenvalue weighted by molar-refractivity contribution is 5.86. The number of halogens is 3. The highest BCUT2D eigenvalue weighted by Gasteiger charge is 2.45. The topological polar surface area (TPSA) is 57.8 Å². The fourth-order valence-electron chi connectivity index (χ4n) is 3.79. The quantitative estimate of drug-likeness (QED) is 0.605. The van der Waals surface area contributed by atoms with Gasteiger partial charge in [0.25, 0.3) is 0 Å². The molecule has 0 amide bonds. The molecule has 3 aromatic rings. The molecule has 2 N–H and O–H groups in total. The van der Waals surface area contributed by atoms with E-state index in [2.05, 4.69) is 15.3 Å². The number of hydrogen-bond acceptors (Lipinski definition) is 3. The lowest BCUT2D eigenvalue weighted by Gasteiger charge is -2.28. The number of para-hydroxylation sites is 1. The first-order valence-electron chi connectivity index (χ1n) is 8.96. The summed E-state index contributed by atoms with van der Waals surface area (Å²) in [4.78, 5) is 18.9. The summed E-state index contributed by atoms with van der Waals surface area (Å²) in [6.45, 7) is 0. The summed E-state index contributed by atoms with van der Waals surface area (Å²) in [6.07, 6.45) is -0.881. The summed E-state index contributed by atoms with van der Waals surface area (Å²) in [6, 6.07) is 12.9. The number of aromatic amines is 1. The Balaban J connectivity index is 1.86. The molecule has 1 unspecified atom stereocenters. The van der Waals surface area contributed by atoms with Crippen LogP contribution in [0.2, 0.25) is 0 Å².